The minimum atomic E-state index is 0.580. The van der Waals surface area contributed by atoms with Gasteiger partial charge < -0.3 is 4.74 Å². The van der Waals surface area contributed by atoms with Crippen molar-refractivity contribution in [1.82, 2.24) is 0 Å². The van der Waals surface area contributed by atoms with E-state index in [9.17, 15) is 0 Å². The van der Waals surface area contributed by atoms with E-state index in [1.54, 1.807) is 0 Å². The molecule has 0 aromatic carbocycles. The Kier molecular flexibility index (Phi) is 10.1. The van der Waals surface area contributed by atoms with Gasteiger partial charge in [-0.2, -0.15) is 0 Å². The maximum atomic E-state index is 5.93. The van der Waals surface area contributed by atoms with Gasteiger partial charge in [-0.05, 0) is 82.0 Å². The van der Waals surface area contributed by atoms with Crippen LogP contribution in [0.1, 0.15) is 104 Å². The third-order valence-electron chi connectivity index (χ3n) is 6.36. The molecule has 2 aliphatic carbocycles. The largest absolute Gasteiger partial charge is 0.378 e. The number of allylic oxidation sites excluding steroid dienone is 2. The molecule has 2 rings (SSSR count). The fourth-order valence-corrected chi connectivity index (χ4v) is 4.62. The molecule has 1 nitrogen and oxygen atoms in total. The molecule has 0 radical (unpaired) electrons. The van der Waals surface area contributed by atoms with E-state index in [2.05, 4.69) is 26.0 Å². The summed E-state index contributed by atoms with van der Waals surface area (Å²) in [4.78, 5) is 0. The van der Waals surface area contributed by atoms with Crippen LogP contribution in [0.2, 0.25) is 0 Å². The molecule has 0 aromatic rings. The van der Waals surface area contributed by atoms with Crippen molar-refractivity contribution < 1.29 is 4.74 Å². The molecule has 2 saturated carbocycles. The molecule has 0 unspecified atom stereocenters. The van der Waals surface area contributed by atoms with Gasteiger partial charge in [-0.15, -0.1) is 0 Å². The minimum absolute atomic E-state index is 0.580. The second kappa shape index (κ2) is 12.1. The van der Waals surface area contributed by atoms with Crippen molar-refractivity contribution in [1.29, 1.82) is 0 Å². The first-order valence-electron chi connectivity index (χ1n) is 11.1. The normalized spacial score (nSPS) is 31.6. The summed E-state index contributed by atoms with van der Waals surface area (Å²) in [5.41, 5.74) is 0. The summed E-state index contributed by atoms with van der Waals surface area (Å²) in [6.07, 6.45) is 25.0. The van der Waals surface area contributed by atoms with Gasteiger partial charge in [0.05, 0.1) is 6.10 Å². The number of rotatable bonds is 10. The van der Waals surface area contributed by atoms with Gasteiger partial charge in [0.2, 0.25) is 0 Å². The lowest BCUT2D eigenvalue weighted by molar-refractivity contribution is 0.0168. The van der Waals surface area contributed by atoms with Crippen LogP contribution in [0.15, 0.2) is 12.2 Å². The average Bonchev–Trinajstić information content (AvgIpc) is 2.64. The van der Waals surface area contributed by atoms with E-state index in [1.807, 2.05) is 0 Å². The van der Waals surface area contributed by atoms with Gasteiger partial charge in [-0.1, -0.05) is 51.7 Å². The Bertz CT molecular complexity index is 319. The van der Waals surface area contributed by atoms with Crippen LogP contribution in [0, 0.1) is 17.8 Å². The van der Waals surface area contributed by atoms with Crippen molar-refractivity contribution in [2.45, 2.75) is 110 Å². The summed E-state index contributed by atoms with van der Waals surface area (Å²) in [5.74, 6) is 2.92. The molecule has 0 spiro atoms. The minimum Gasteiger partial charge on any atom is -0.378 e. The third-order valence-corrected chi connectivity index (χ3v) is 6.36. The summed E-state index contributed by atoms with van der Waals surface area (Å²) in [6, 6.07) is 0. The molecule has 0 N–H and O–H groups in total. The van der Waals surface area contributed by atoms with E-state index in [1.165, 1.54) is 83.5 Å². The van der Waals surface area contributed by atoms with E-state index >= 15 is 0 Å². The Hall–Kier alpha value is -0.300. The van der Waals surface area contributed by atoms with Crippen LogP contribution in [-0.4, -0.2) is 12.7 Å². The van der Waals surface area contributed by atoms with E-state index in [0.29, 0.717) is 6.10 Å². The molecule has 140 valence electrons. The second-order valence-electron chi connectivity index (χ2n) is 8.44. The Morgan fingerprint density at radius 3 is 2.00 bits per heavy atom. The molecule has 0 amide bonds. The molecule has 1 heteroatoms. The van der Waals surface area contributed by atoms with Crippen molar-refractivity contribution in [2.24, 2.45) is 17.8 Å². The molecule has 0 atom stereocenters. The van der Waals surface area contributed by atoms with Crippen LogP contribution >= 0.6 is 0 Å². The zero-order valence-electron chi connectivity index (χ0n) is 16.5. The monoisotopic (exact) mass is 334 g/mol. The first-order chi connectivity index (χ1) is 11.8. The third kappa shape index (κ3) is 7.72. The Morgan fingerprint density at radius 2 is 1.42 bits per heavy atom. The Balaban J connectivity index is 1.53. The first kappa shape index (κ1) is 20.0. The average molecular weight is 335 g/mol. The summed E-state index contributed by atoms with van der Waals surface area (Å²) in [5, 5.41) is 0. The highest BCUT2D eigenvalue weighted by molar-refractivity contribution is 4.91. The van der Waals surface area contributed by atoms with Crippen LogP contribution in [-0.2, 0) is 4.74 Å². The van der Waals surface area contributed by atoms with E-state index in [4.69, 9.17) is 4.74 Å². The summed E-state index contributed by atoms with van der Waals surface area (Å²) < 4.78 is 5.93. The molecule has 0 heterocycles. The molecule has 0 bridgehead atoms. The van der Waals surface area contributed by atoms with Crippen LogP contribution in [0.5, 0.6) is 0 Å². The molecular formula is C23H42O. The topological polar surface area (TPSA) is 9.23 Å². The van der Waals surface area contributed by atoms with Crippen molar-refractivity contribution in [3.63, 3.8) is 0 Å². The van der Waals surface area contributed by atoms with Crippen LogP contribution in [0.3, 0.4) is 0 Å². The lowest BCUT2D eigenvalue weighted by atomic mass is 9.77. The number of hydrogen-bond donors (Lipinski definition) is 0. The van der Waals surface area contributed by atoms with Crippen molar-refractivity contribution in [3.8, 4) is 0 Å². The highest BCUT2D eigenvalue weighted by atomic mass is 16.5. The van der Waals surface area contributed by atoms with Gasteiger partial charge in [0.25, 0.3) is 0 Å². The van der Waals surface area contributed by atoms with Crippen molar-refractivity contribution >= 4 is 0 Å². The van der Waals surface area contributed by atoms with Gasteiger partial charge >= 0.3 is 0 Å². The summed E-state index contributed by atoms with van der Waals surface area (Å²) >= 11 is 0. The van der Waals surface area contributed by atoms with Crippen LogP contribution < -0.4 is 0 Å². The highest BCUT2D eigenvalue weighted by Crippen LogP contribution is 2.36. The van der Waals surface area contributed by atoms with Gasteiger partial charge in [0.15, 0.2) is 0 Å². The summed E-state index contributed by atoms with van der Waals surface area (Å²) in [6.45, 7) is 5.45. The van der Waals surface area contributed by atoms with Crippen molar-refractivity contribution in [2.75, 3.05) is 6.61 Å². The van der Waals surface area contributed by atoms with E-state index < -0.39 is 0 Å². The number of hydrogen-bond acceptors (Lipinski definition) is 1. The summed E-state index contributed by atoms with van der Waals surface area (Å²) in [7, 11) is 0. The predicted octanol–water partition coefficient (Wildman–Crippen LogP) is 7.30. The van der Waals surface area contributed by atoms with Gasteiger partial charge in [0, 0.05) is 6.61 Å². The predicted molar refractivity (Wildman–Crippen MR) is 105 cm³/mol. The van der Waals surface area contributed by atoms with Crippen molar-refractivity contribution in [3.05, 3.63) is 12.2 Å². The van der Waals surface area contributed by atoms with Gasteiger partial charge in [-0.25, -0.2) is 0 Å². The quantitative estimate of drug-likeness (QED) is 0.301. The van der Waals surface area contributed by atoms with Gasteiger partial charge in [0.1, 0.15) is 0 Å². The van der Waals surface area contributed by atoms with Crippen LogP contribution in [0.4, 0.5) is 0 Å². The Morgan fingerprint density at radius 1 is 0.792 bits per heavy atom. The fraction of sp³-hybridized carbons (Fsp3) is 0.913. The smallest absolute Gasteiger partial charge is 0.0575 e. The van der Waals surface area contributed by atoms with E-state index in [0.717, 1.165) is 30.8 Å². The van der Waals surface area contributed by atoms with Gasteiger partial charge in [-0.3, -0.25) is 0 Å². The highest BCUT2D eigenvalue weighted by Gasteiger charge is 2.24. The maximum absolute atomic E-state index is 5.93. The van der Waals surface area contributed by atoms with E-state index in [-0.39, 0.29) is 0 Å². The van der Waals surface area contributed by atoms with Crippen LogP contribution in [0.25, 0.3) is 0 Å². The standard InChI is InChI=1S/C23H42O/c1-3-5-6-7-8-20-9-11-21(12-10-20)13-14-22-15-17-23(18-16-22)24-19-4-2/h7-8,20-23H,3-6,9-19H2,1-2H3/b8-7+/t20-,21-,22-,23-. The molecule has 0 aromatic heterocycles. The zero-order valence-corrected chi connectivity index (χ0v) is 16.5. The molecule has 2 fully saturated rings. The molecule has 2 aliphatic rings. The first-order valence-corrected chi connectivity index (χ1v) is 11.1. The molecule has 0 saturated heterocycles. The fourth-order valence-electron chi connectivity index (χ4n) is 4.62. The number of ether oxygens (including phenoxy) is 1. The number of unbranched alkanes of at least 4 members (excludes halogenated alkanes) is 2. The SMILES string of the molecule is CCCC/C=C/[C@H]1CC[C@H](CC[C@H]2CC[C@H](OCCC)CC2)CC1. The Labute approximate surface area is 151 Å². The molecule has 24 heavy (non-hydrogen) atoms. The maximum Gasteiger partial charge on any atom is 0.0575 e. The zero-order chi connectivity index (χ0) is 17.0. The lowest BCUT2D eigenvalue weighted by Crippen LogP contribution is -2.22. The molecular weight excluding hydrogens is 292 g/mol. The molecule has 0 aliphatic heterocycles. The lowest BCUT2D eigenvalue weighted by Gasteiger charge is -2.31. The second-order valence-corrected chi connectivity index (χ2v) is 8.44.